The summed E-state index contributed by atoms with van der Waals surface area (Å²) in [7, 11) is 0. The van der Waals surface area contributed by atoms with Crippen molar-refractivity contribution in [1.82, 2.24) is 5.32 Å². The zero-order valence-electron chi connectivity index (χ0n) is 12.8. The highest BCUT2D eigenvalue weighted by Crippen LogP contribution is 2.08. The van der Waals surface area contributed by atoms with Gasteiger partial charge in [0.05, 0.1) is 24.9 Å². The maximum absolute atomic E-state index is 9.73. The molecule has 1 aromatic carbocycles. The Hall–Kier alpha value is -1.10. The monoisotopic (exact) mass is 281 g/mol. The van der Waals surface area contributed by atoms with E-state index in [0.29, 0.717) is 19.8 Å². The summed E-state index contributed by atoms with van der Waals surface area (Å²) in [6, 6.07) is 9.77. The van der Waals surface area contributed by atoms with Crippen LogP contribution in [-0.2, 0) is 4.74 Å². The summed E-state index contributed by atoms with van der Waals surface area (Å²) in [6.07, 6.45) is 0.436. The molecule has 2 N–H and O–H groups in total. The molecule has 1 aromatic rings. The molecule has 0 amide bonds. The zero-order valence-corrected chi connectivity index (χ0v) is 12.8. The number of hydrogen-bond donors (Lipinski definition) is 2. The highest BCUT2D eigenvalue weighted by Gasteiger charge is 2.13. The Bertz CT molecular complexity index is 348. The van der Waals surface area contributed by atoms with E-state index in [1.807, 2.05) is 51.1 Å². The van der Waals surface area contributed by atoms with Gasteiger partial charge in [-0.25, -0.2) is 0 Å². The largest absolute Gasteiger partial charge is 0.494 e. The maximum atomic E-state index is 9.73. The average Bonchev–Trinajstić information content (AvgIpc) is 2.41. The van der Waals surface area contributed by atoms with E-state index in [1.165, 1.54) is 0 Å². The molecule has 0 aliphatic rings. The van der Waals surface area contributed by atoms with Gasteiger partial charge in [-0.3, -0.25) is 0 Å². The van der Waals surface area contributed by atoms with Crippen molar-refractivity contribution < 1.29 is 14.6 Å². The lowest BCUT2D eigenvalue weighted by Gasteiger charge is -2.22. The van der Waals surface area contributed by atoms with Gasteiger partial charge in [0, 0.05) is 6.54 Å². The van der Waals surface area contributed by atoms with Crippen molar-refractivity contribution in [1.29, 1.82) is 0 Å². The first-order chi connectivity index (χ1) is 9.47. The summed E-state index contributed by atoms with van der Waals surface area (Å²) in [5.74, 6) is 0.895. The van der Waals surface area contributed by atoms with Crippen LogP contribution in [0.4, 0.5) is 0 Å². The van der Waals surface area contributed by atoms with Crippen LogP contribution in [0.2, 0.25) is 0 Å². The Morgan fingerprint density at radius 1 is 1.20 bits per heavy atom. The molecule has 1 unspecified atom stereocenters. The van der Waals surface area contributed by atoms with Crippen LogP contribution in [0, 0.1) is 0 Å². The van der Waals surface area contributed by atoms with Gasteiger partial charge in [0.25, 0.3) is 0 Å². The second-order valence-corrected chi connectivity index (χ2v) is 5.80. The van der Waals surface area contributed by atoms with Crippen LogP contribution < -0.4 is 10.1 Å². The number of nitrogens with one attached hydrogen (secondary N) is 1. The van der Waals surface area contributed by atoms with E-state index in [1.54, 1.807) is 0 Å². The number of rotatable bonds is 9. The zero-order chi connectivity index (χ0) is 14.8. The van der Waals surface area contributed by atoms with Crippen molar-refractivity contribution in [3.05, 3.63) is 30.3 Å². The summed E-state index contributed by atoms with van der Waals surface area (Å²) in [6.45, 7) is 8.33. The van der Waals surface area contributed by atoms with Crippen molar-refractivity contribution >= 4 is 0 Å². The molecule has 0 fully saturated rings. The number of ether oxygens (including phenoxy) is 2. The molecule has 1 rings (SSSR count). The lowest BCUT2D eigenvalue weighted by atomic mass is 10.2. The van der Waals surface area contributed by atoms with Crippen LogP contribution in [0.3, 0.4) is 0 Å². The molecule has 0 spiro atoms. The molecule has 20 heavy (non-hydrogen) atoms. The minimum absolute atomic E-state index is 0.204. The molecule has 4 heteroatoms. The van der Waals surface area contributed by atoms with Gasteiger partial charge < -0.3 is 19.9 Å². The second-order valence-electron chi connectivity index (χ2n) is 5.80. The van der Waals surface area contributed by atoms with Gasteiger partial charge in [0.1, 0.15) is 5.75 Å². The molecule has 0 aliphatic carbocycles. The van der Waals surface area contributed by atoms with Crippen LogP contribution in [0.15, 0.2) is 30.3 Å². The third-order valence-corrected chi connectivity index (χ3v) is 2.60. The molecule has 0 saturated heterocycles. The molecule has 4 nitrogen and oxygen atoms in total. The average molecular weight is 281 g/mol. The minimum Gasteiger partial charge on any atom is -0.494 e. The highest BCUT2D eigenvalue weighted by molar-refractivity contribution is 5.20. The molecular weight excluding hydrogens is 254 g/mol. The molecular formula is C16H27NO3. The number of aliphatic hydroxyl groups is 1. The second kappa shape index (κ2) is 8.95. The van der Waals surface area contributed by atoms with E-state index in [-0.39, 0.29) is 5.60 Å². The standard InChI is InChI=1S/C16H27NO3/c1-16(2,3)20-13-14(18)12-17-10-7-11-19-15-8-5-4-6-9-15/h4-6,8-9,14,17-18H,7,10-13H2,1-3H3. The van der Waals surface area contributed by atoms with Gasteiger partial charge in [-0.05, 0) is 45.9 Å². The Kier molecular flexibility index (Phi) is 7.59. The van der Waals surface area contributed by atoms with E-state index in [2.05, 4.69) is 5.32 Å². The quantitative estimate of drug-likeness (QED) is 0.682. The van der Waals surface area contributed by atoms with Gasteiger partial charge >= 0.3 is 0 Å². The van der Waals surface area contributed by atoms with Crippen molar-refractivity contribution in [2.24, 2.45) is 0 Å². The highest BCUT2D eigenvalue weighted by atomic mass is 16.5. The van der Waals surface area contributed by atoms with Crippen molar-refractivity contribution in [2.75, 3.05) is 26.3 Å². The summed E-state index contributed by atoms with van der Waals surface area (Å²) in [5.41, 5.74) is -0.204. The van der Waals surface area contributed by atoms with Gasteiger partial charge in [-0.2, -0.15) is 0 Å². The molecule has 0 bridgehead atoms. The molecule has 114 valence electrons. The fourth-order valence-electron chi connectivity index (χ4n) is 1.58. The molecule has 0 aliphatic heterocycles. The normalized spacial score (nSPS) is 13.2. The Labute approximate surface area is 122 Å². The number of aliphatic hydroxyl groups excluding tert-OH is 1. The molecule has 0 saturated carbocycles. The fourth-order valence-corrected chi connectivity index (χ4v) is 1.58. The smallest absolute Gasteiger partial charge is 0.119 e. The summed E-state index contributed by atoms with van der Waals surface area (Å²) in [4.78, 5) is 0. The summed E-state index contributed by atoms with van der Waals surface area (Å²) in [5, 5.41) is 12.9. The van der Waals surface area contributed by atoms with Crippen molar-refractivity contribution in [3.8, 4) is 5.75 Å². The summed E-state index contributed by atoms with van der Waals surface area (Å²) >= 11 is 0. The van der Waals surface area contributed by atoms with Crippen LogP contribution in [0.5, 0.6) is 5.75 Å². The fraction of sp³-hybridized carbons (Fsp3) is 0.625. The third-order valence-electron chi connectivity index (χ3n) is 2.60. The number of benzene rings is 1. The molecule has 0 radical (unpaired) electrons. The van der Waals surface area contributed by atoms with Crippen LogP contribution >= 0.6 is 0 Å². The molecule has 0 aromatic heterocycles. The lowest BCUT2D eigenvalue weighted by Crippen LogP contribution is -2.34. The van der Waals surface area contributed by atoms with E-state index in [0.717, 1.165) is 18.7 Å². The van der Waals surface area contributed by atoms with Gasteiger partial charge in [-0.15, -0.1) is 0 Å². The van der Waals surface area contributed by atoms with E-state index >= 15 is 0 Å². The maximum Gasteiger partial charge on any atom is 0.119 e. The van der Waals surface area contributed by atoms with E-state index < -0.39 is 6.10 Å². The topological polar surface area (TPSA) is 50.7 Å². The van der Waals surface area contributed by atoms with Gasteiger partial charge in [0.15, 0.2) is 0 Å². The number of para-hydroxylation sites is 1. The summed E-state index contributed by atoms with van der Waals surface area (Å²) < 4.78 is 11.1. The van der Waals surface area contributed by atoms with Crippen molar-refractivity contribution in [3.63, 3.8) is 0 Å². The van der Waals surface area contributed by atoms with Crippen LogP contribution in [0.25, 0.3) is 0 Å². The Balaban J connectivity index is 1.97. The van der Waals surface area contributed by atoms with E-state index in [4.69, 9.17) is 9.47 Å². The van der Waals surface area contributed by atoms with Gasteiger partial charge in [0.2, 0.25) is 0 Å². The SMILES string of the molecule is CC(C)(C)OCC(O)CNCCCOc1ccccc1. The third kappa shape index (κ3) is 8.91. The first kappa shape index (κ1) is 17.0. The predicted molar refractivity (Wildman–Crippen MR) is 81.1 cm³/mol. The Morgan fingerprint density at radius 2 is 1.90 bits per heavy atom. The first-order valence-corrected chi connectivity index (χ1v) is 7.18. The van der Waals surface area contributed by atoms with Gasteiger partial charge in [-0.1, -0.05) is 18.2 Å². The lowest BCUT2D eigenvalue weighted by molar-refractivity contribution is -0.0478. The van der Waals surface area contributed by atoms with Crippen LogP contribution in [-0.4, -0.2) is 43.1 Å². The molecule has 1 atom stereocenters. The predicted octanol–water partition coefficient (Wildman–Crippen LogP) is 2.22. The first-order valence-electron chi connectivity index (χ1n) is 7.18. The minimum atomic E-state index is -0.468. The Morgan fingerprint density at radius 3 is 2.55 bits per heavy atom. The van der Waals surface area contributed by atoms with Crippen LogP contribution in [0.1, 0.15) is 27.2 Å². The number of hydrogen-bond acceptors (Lipinski definition) is 4. The van der Waals surface area contributed by atoms with E-state index in [9.17, 15) is 5.11 Å². The molecule has 0 heterocycles. The van der Waals surface area contributed by atoms with Crippen molar-refractivity contribution in [2.45, 2.75) is 38.9 Å².